The molecule has 0 aromatic heterocycles. The summed E-state index contributed by atoms with van der Waals surface area (Å²) >= 11 is 0. The topological polar surface area (TPSA) is 91.4 Å². The lowest BCUT2D eigenvalue weighted by molar-refractivity contribution is -0.119. The quantitative estimate of drug-likeness (QED) is 0.807. The van der Waals surface area contributed by atoms with Crippen LogP contribution in [0.1, 0.15) is 6.92 Å². The van der Waals surface area contributed by atoms with Crippen molar-refractivity contribution < 1.29 is 28.2 Å². The first kappa shape index (κ1) is 19.3. The van der Waals surface area contributed by atoms with E-state index < -0.39 is 18.0 Å². The number of nitrogens with one attached hydrogen (secondary N) is 1. The van der Waals surface area contributed by atoms with Crippen molar-refractivity contribution in [3.8, 4) is 0 Å². The molecular weight excluding hydrogens is 383 g/mol. The van der Waals surface area contributed by atoms with Crippen LogP contribution < -0.4 is 15.1 Å². The number of likely N-dealkylation sites (tertiary alicyclic amines) is 1. The molecule has 156 valence electrons. The first-order chi connectivity index (χ1) is 13.9. The van der Waals surface area contributed by atoms with Gasteiger partial charge in [0.1, 0.15) is 11.9 Å². The fraction of sp³-hybridized carbons (Fsp3) is 0.526. The summed E-state index contributed by atoms with van der Waals surface area (Å²) in [5.74, 6) is -0.344. The Morgan fingerprint density at radius 1 is 1.28 bits per heavy atom. The first-order valence-corrected chi connectivity index (χ1v) is 9.49. The van der Waals surface area contributed by atoms with Gasteiger partial charge in [-0.3, -0.25) is 9.69 Å². The van der Waals surface area contributed by atoms with Gasteiger partial charge in [0.15, 0.2) is 0 Å². The maximum absolute atomic E-state index is 14.8. The van der Waals surface area contributed by atoms with Crippen LogP contribution in [-0.2, 0) is 14.3 Å². The van der Waals surface area contributed by atoms with E-state index in [4.69, 9.17) is 9.47 Å². The van der Waals surface area contributed by atoms with E-state index in [2.05, 4.69) is 5.32 Å². The largest absolute Gasteiger partial charge is 0.453 e. The van der Waals surface area contributed by atoms with E-state index in [1.165, 1.54) is 25.0 Å². The summed E-state index contributed by atoms with van der Waals surface area (Å²) in [7, 11) is 1.35. The van der Waals surface area contributed by atoms with Crippen LogP contribution in [0.25, 0.3) is 0 Å². The van der Waals surface area contributed by atoms with Gasteiger partial charge in [-0.15, -0.1) is 0 Å². The molecule has 29 heavy (non-hydrogen) atoms. The maximum atomic E-state index is 14.8. The Morgan fingerprint density at radius 2 is 2.07 bits per heavy atom. The molecule has 3 heterocycles. The SMILES string of the molecule is COC(=O)N1C[C@H]2CN(c3ccc(N4C[C@H](CNC(C)=O)OC4=O)cc3F)C[C@H]21. The molecule has 0 unspecified atom stereocenters. The van der Waals surface area contributed by atoms with Crippen molar-refractivity contribution in [3.63, 3.8) is 0 Å². The molecule has 4 rings (SSSR count). The molecule has 3 aliphatic heterocycles. The molecule has 10 heteroatoms. The number of cyclic esters (lactones) is 1. The van der Waals surface area contributed by atoms with Crippen LogP contribution >= 0.6 is 0 Å². The van der Waals surface area contributed by atoms with Gasteiger partial charge in [0.05, 0.1) is 37.6 Å². The predicted octanol–water partition coefficient (Wildman–Crippen LogP) is 1.17. The minimum absolute atomic E-state index is 0.0321. The van der Waals surface area contributed by atoms with Crippen molar-refractivity contribution in [2.24, 2.45) is 5.92 Å². The molecule has 1 N–H and O–H groups in total. The molecule has 1 aromatic rings. The van der Waals surface area contributed by atoms with Crippen LogP contribution in [0.3, 0.4) is 0 Å². The summed E-state index contributed by atoms with van der Waals surface area (Å²) in [5, 5.41) is 2.61. The maximum Gasteiger partial charge on any atom is 0.414 e. The van der Waals surface area contributed by atoms with Gasteiger partial charge in [-0.1, -0.05) is 0 Å². The molecule has 3 fully saturated rings. The molecule has 9 nitrogen and oxygen atoms in total. The minimum Gasteiger partial charge on any atom is -0.453 e. The van der Waals surface area contributed by atoms with E-state index in [0.29, 0.717) is 36.9 Å². The average molecular weight is 406 g/mol. The van der Waals surface area contributed by atoms with Gasteiger partial charge < -0.3 is 24.6 Å². The molecule has 0 spiro atoms. The van der Waals surface area contributed by atoms with E-state index >= 15 is 0 Å². The molecule has 3 saturated heterocycles. The van der Waals surface area contributed by atoms with Gasteiger partial charge in [0, 0.05) is 32.5 Å². The lowest BCUT2D eigenvalue weighted by Gasteiger charge is -2.41. The van der Waals surface area contributed by atoms with Crippen LogP contribution in [-0.4, -0.2) is 75.0 Å². The Kier molecular flexibility index (Phi) is 4.93. The van der Waals surface area contributed by atoms with Crippen molar-refractivity contribution >= 4 is 29.5 Å². The van der Waals surface area contributed by atoms with Crippen molar-refractivity contribution in [3.05, 3.63) is 24.0 Å². The molecule has 0 aliphatic carbocycles. The zero-order valence-electron chi connectivity index (χ0n) is 16.3. The van der Waals surface area contributed by atoms with E-state index in [-0.39, 0.29) is 31.1 Å². The highest BCUT2D eigenvalue weighted by Gasteiger charge is 2.48. The Bertz CT molecular complexity index is 850. The van der Waals surface area contributed by atoms with Crippen molar-refractivity contribution in [2.75, 3.05) is 49.6 Å². The number of nitrogens with zero attached hydrogens (tertiary/aromatic N) is 3. The smallest absolute Gasteiger partial charge is 0.414 e. The highest BCUT2D eigenvalue weighted by molar-refractivity contribution is 5.90. The third kappa shape index (κ3) is 3.54. The van der Waals surface area contributed by atoms with E-state index in [9.17, 15) is 18.8 Å². The Hall–Kier alpha value is -3.04. The molecular formula is C19H23FN4O5. The number of methoxy groups -OCH3 is 1. The van der Waals surface area contributed by atoms with Gasteiger partial charge in [0.2, 0.25) is 5.91 Å². The highest BCUT2D eigenvalue weighted by Crippen LogP contribution is 2.37. The van der Waals surface area contributed by atoms with E-state index in [1.54, 1.807) is 17.0 Å². The number of carbonyl (C=O) groups excluding carboxylic acids is 3. The van der Waals surface area contributed by atoms with E-state index in [0.717, 1.165) is 0 Å². The van der Waals surface area contributed by atoms with Crippen LogP contribution in [0.5, 0.6) is 0 Å². The second-order valence-corrected chi connectivity index (χ2v) is 7.54. The molecule has 3 atom stereocenters. The molecule has 0 bridgehead atoms. The lowest BCUT2D eigenvalue weighted by atomic mass is 9.93. The number of hydrogen-bond donors (Lipinski definition) is 1. The van der Waals surface area contributed by atoms with Gasteiger partial charge in [-0.2, -0.15) is 0 Å². The number of benzene rings is 1. The summed E-state index contributed by atoms with van der Waals surface area (Å²) < 4.78 is 24.8. The summed E-state index contributed by atoms with van der Waals surface area (Å²) in [6.07, 6.45) is -1.40. The van der Waals surface area contributed by atoms with Crippen molar-refractivity contribution in [1.29, 1.82) is 0 Å². The predicted molar refractivity (Wildman–Crippen MR) is 101 cm³/mol. The average Bonchev–Trinajstić information content (AvgIpc) is 3.20. The number of fused-ring (bicyclic) bond motifs is 1. The van der Waals surface area contributed by atoms with Gasteiger partial charge in [-0.05, 0) is 18.2 Å². The Labute approximate surface area is 167 Å². The Balaban J connectivity index is 1.42. The fourth-order valence-electron chi connectivity index (χ4n) is 4.18. The molecule has 1 aromatic carbocycles. The standard InChI is InChI=1S/C19H23FN4O5/c1-11(25)21-6-14-9-23(19(27)29-14)13-3-4-16(15(20)5-13)22-7-12-8-24(17(12)10-22)18(26)28-2/h3-5,12,14,17H,6-10H2,1-2H3,(H,21,25)/t12-,14+,17-/m1/s1. The monoisotopic (exact) mass is 406 g/mol. The molecule has 3 aliphatic rings. The number of halogens is 1. The van der Waals surface area contributed by atoms with E-state index in [1.807, 2.05) is 4.90 Å². The number of rotatable bonds is 4. The second kappa shape index (κ2) is 7.41. The molecule has 3 amide bonds. The van der Waals surface area contributed by atoms with Crippen LogP contribution in [0.2, 0.25) is 0 Å². The Morgan fingerprint density at radius 3 is 2.76 bits per heavy atom. The number of amides is 3. The van der Waals surface area contributed by atoms with Crippen LogP contribution in [0.15, 0.2) is 18.2 Å². The number of hydrogen-bond acceptors (Lipinski definition) is 6. The van der Waals surface area contributed by atoms with Crippen molar-refractivity contribution in [1.82, 2.24) is 10.2 Å². The highest BCUT2D eigenvalue weighted by atomic mass is 19.1. The molecule has 0 saturated carbocycles. The summed E-state index contributed by atoms with van der Waals surface area (Å²) in [5.41, 5.74) is 0.843. The van der Waals surface area contributed by atoms with Gasteiger partial charge in [0.25, 0.3) is 0 Å². The lowest BCUT2D eigenvalue weighted by Crippen LogP contribution is -2.58. The van der Waals surface area contributed by atoms with Crippen LogP contribution in [0.4, 0.5) is 25.4 Å². The summed E-state index contributed by atoms with van der Waals surface area (Å²) in [6.45, 7) is 3.66. The zero-order chi connectivity index (χ0) is 20.7. The normalized spacial score (nSPS) is 25.4. The number of carbonyl (C=O) groups is 3. The number of anilines is 2. The van der Waals surface area contributed by atoms with Gasteiger partial charge >= 0.3 is 12.2 Å². The molecule has 0 radical (unpaired) electrons. The third-order valence-corrected chi connectivity index (χ3v) is 5.68. The van der Waals surface area contributed by atoms with Crippen LogP contribution in [0, 0.1) is 11.7 Å². The fourth-order valence-corrected chi connectivity index (χ4v) is 4.18. The van der Waals surface area contributed by atoms with Crippen molar-refractivity contribution in [2.45, 2.75) is 19.1 Å². The second-order valence-electron chi connectivity index (χ2n) is 7.54. The number of ether oxygens (including phenoxy) is 2. The zero-order valence-corrected chi connectivity index (χ0v) is 16.3. The van der Waals surface area contributed by atoms with Gasteiger partial charge in [-0.25, -0.2) is 14.0 Å². The summed E-state index contributed by atoms with van der Waals surface area (Å²) in [6, 6.07) is 4.67. The minimum atomic E-state index is -0.569. The summed E-state index contributed by atoms with van der Waals surface area (Å²) in [4.78, 5) is 39.8. The third-order valence-electron chi connectivity index (χ3n) is 5.68. The first-order valence-electron chi connectivity index (χ1n) is 9.49.